The van der Waals surface area contributed by atoms with Gasteiger partial charge in [0.05, 0.1) is 47.8 Å². The highest BCUT2D eigenvalue weighted by atomic mass is 16.5. The molecule has 4 rings (SSSR count). The van der Waals surface area contributed by atoms with E-state index in [0.29, 0.717) is 30.3 Å². The minimum atomic E-state index is -0.593. The van der Waals surface area contributed by atoms with Gasteiger partial charge in [-0.3, -0.25) is 9.59 Å². The van der Waals surface area contributed by atoms with E-state index in [0.717, 1.165) is 31.4 Å². The van der Waals surface area contributed by atoms with Crippen LogP contribution in [-0.4, -0.2) is 40.7 Å². The van der Waals surface area contributed by atoms with Gasteiger partial charge in [-0.15, -0.1) is 0 Å². The fraction of sp³-hybridized carbons (Fsp3) is 0.447. The molecule has 0 saturated carbocycles. The largest absolute Gasteiger partial charge is 0.507 e. The number of carbonyl (C=O) groups excluding carboxylic acids is 2. The third-order valence-corrected chi connectivity index (χ3v) is 8.14. The molecule has 0 heterocycles. The Hall–Kier alpha value is -4.33. The lowest BCUT2D eigenvalue weighted by atomic mass is 9.86. The Morgan fingerprint density at radius 2 is 1.22 bits per heavy atom. The molecule has 3 N–H and O–H groups in total. The second-order valence-corrected chi connectivity index (χ2v) is 11.9. The van der Waals surface area contributed by atoms with Crippen LogP contribution in [-0.2, 0) is 0 Å². The van der Waals surface area contributed by atoms with E-state index >= 15 is 0 Å². The van der Waals surface area contributed by atoms with Gasteiger partial charge in [0.1, 0.15) is 17.2 Å². The first-order valence-corrected chi connectivity index (χ1v) is 16.9. The molecule has 3 aromatic carbocycles. The lowest BCUT2D eigenvalue weighted by molar-refractivity contribution is 0.0960. The highest BCUT2D eigenvalue weighted by Crippen LogP contribution is 2.41. The summed E-state index contributed by atoms with van der Waals surface area (Å²) in [6.07, 6.45) is 14.0. The number of unbranched alkanes of at least 4 members (excludes halogenated alkanes) is 10. The highest BCUT2D eigenvalue weighted by Gasteiger charge is 2.35. The molecule has 0 aliphatic heterocycles. The predicted octanol–water partition coefficient (Wildman–Crippen LogP) is 9.86. The van der Waals surface area contributed by atoms with Crippen molar-refractivity contribution in [1.82, 2.24) is 0 Å². The van der Waals surface area contributed by atoms with Crippen LogP contribution < -0.4 is 14.8 Å². The monoisotopic (exact) mass is 628 g/mol. The summed E-state index contributed by atoms with van der Waals surface area (Å²) in [5, 5.41) is 24.9. The summed E-state index contributed by atoms with van der Waals surface area (Å²) in [6.45, 7) is 5.70. The first kappa shape index (κ1) is 34.5. The Morgan fingerprint density at radius 1 is 0.696 bits per heavy atom. The zero-order valence-electron chi connectivity index (χ0n) is 27.3. The van der Waals surface area contributed by atoms with E-state index in [1.165, 1.54) is 57.4 Å². The predicted molar refractivity (Wildman–Crippen MR) is 184 cm³/mol. The van der Waals surface area contributed by atoms with Gasteiger partial charge in [0.25, 0.3) is 0 Å². The average Bonchev–Trinajstić information content (AvgIpc) is 3.05. The number of aromatic hydroxyl groups is 2. The molecule has 8 nitrogen and oxygen atoms in total. The van der Waals surface area contributed by atoms with E-state index in [4.69, 9.17) is 9.47 Å². The lowest BCUT2D eigenvalue weighted by Gasteiger charge is -2.20. The summed E-state index contributed by atoms with van der Waals surface area (Å²) >= 11 is 0. The minimum absolute atomic E-state index is 0.00482. The third kappa shape index (κ3) is 9.83. The quantitative estimate of drug-likeness (QED) is 0.0687. The van der Waals surface area contributed by atoms with Gasteiger partial charge >= 0.3 is 0 Å². The van der Waals surface area contributed by atoms with Gasteiger partial charge in [0.2, 0.25) is 5.78 Å². The molecule has 0 aromatic heterocycles. The molecule has 0 bridgehead atoms. The number of hydrogen-bond acceptors (Lipinski definition) is 8. The summed E-state index contributed by atoms with van der Waals surface area (Å²) < 4.78 is 11.7. The number of Topliss-reactive ketones (excluding diaryl/α,β-unsaturated/α-hetero) is 2. The molecule has 1 aliphatic rings. The van der Waals surface area contributed by atoms with Crippen molar-refractivity contribution in [3.8, 4) is 23.0 Å². The fourth-order valence-electron chi connectivity index (χ4n) is 5.52. The SMILES string of the molecule is CCCCCCCCOc1ccc(N=C2CC(=O)c3c(O)c(Nc4ccc(OCCCCCCCC)cc4)cc(O)c3C2=O)cc1. The number of fused-ring (bicyclic) bond motifs is 1. The van der Waals surface area contributed by atoms with Gasteiger partial charge in [-0.1, -0.05) is 78.1 Å². The van der Waals surface area contributed by atoms with Crippen LogP contribution in [0.5, 0.6) is 23.0 Å². The Bertz CT molecular complexity index is 1460. The summed E-state index contributed by atoms with van der Waals surface area (Å²) in [4.78, 5) is 30.9. The van der Waals surface area contributed by atoms with E-state index in [1.807, 2.05) is 12.1 Å². The highest BCUT2D eigenvalue weighted by molar-refractivity contribution is 6.54. The molecule has 0 radical (unpaired) electrons. The maximum Gasteiger partial charge on any atom is 0.212 e. The van der Waals surface area contributed by atoms with Crippen LogP contribution in [0.25, 0.3) is 0 Å². The van der Waals surface area contributed by atoms with Crippen LogP contribution >= 0.6 is 0 Å². The topological polar surface area (TPSA) is 117 Å². The van der Waals surface area contributed by atoms with Crippen LogP contribution in [0.15, 0.2) is 59.6 Å². The maximum atomic E-state index is 13.3. The van der Waals surface area contributed by atoms with Gasteiger partial charge < -0.3 is 25.0 Å². The van der Waals surface area contributed by atoms with Crippen molar-refractivity contribution in [2.75, 3.05) is 18.5 Å². The van der Waals surface area contributed by atoms with E-state index in [9.17, 15) is 19.8 Å². The average molecular weight is 629 g/mol. The number of nitrogens with zero attached hydrogens (tertiary/aromatic N) is 1. The molecule has 8 heteroatoms. The van der Waals surface area contributed by atoms with Gasteiger partial charge in [-0.25, -0.2) is 4.99 Å². The van der Waals surface area contributed by atoms with Crippen molar-refractivity contribution in [2.24, 2.45) is 4.99 Å². The number of phenols is 2. The van der Waals surface area contributed by atoms with E-state index in [2.05, 4.69) is 24.2 Å². The molecular weight excluding hydrogens is 580 g/mol. The zero-order valence-corrected chi connectivity index (χ0v) is 27.3. The number of benzene rings is 3. The summed E-state index contributed by atoms with van der Waals surface area (Å²) in [6, 6.07) is 15.5. The van der Waals surface area contributed by atoms with Crippen molar-refractivity contribution in [3.63, 3.8) is 0 Å². The Balaban J connectivity index is 1.35. The van der Waals surface area contributed by atoms with Crippen LogP contribution in [0.2, 0.25) is 0 Å². The van der Waals surface area contributed by atoms with Gasteiger partial charge in [-0.05, 0) is 61.4 Å². The second kappa shape index (κ2) is 18.0. The number of anilines is 2. The summed E-state index contributed by atoms with van der Waals surface area (Å²) in [7, 11) is 0. The van der Waals surface area contributed by atoms with Gasteiger partial charge in [0, 0.05) is 11.8 Å². The first-order chi connectivity index (χ1) is 22.4. The fourth-order valence-corrected chi connectivity index (χ4v) is 5.52. The maximum absolute atomic E-state index is 13.3. The molecule has 0 amide bonds. The molecule has 246 valence electrons. The molecule has 0 unspecified atom stereocenters. The number of hydrogen-bond donors (Lipinski definition) is 3. The Morgan fingerprint density at radius 3 is 1.78 bits per heavy atom. The zero-order chi connectivity index (χ0) is 32.7. The number of nitrogens with one attached hydrogen (secondary N) is 1. The number of phenolic OH excluding ortho intramolecular Hbond substituents is 2. The molecule has 0 atom stereocenters. The van der Waals surface area contributed by atoms with E-state index in [-0.39, 0.29) is 34.7 Å². The minimum Gasteiger partial charge on any atom is -0.507 e. The second-order valence-electron chi connectivity index (χ2n) is 11.9. The number of aliphatic imine (C=N–C) groups is 1. The normalized spacial score (nSPS) is 13.6. The van der Waals surface area contributed by atoms with Crippen molar-refractivity contribution < 1.29 is 29.3 Å². The number of ether oxygens (including phenoxy) is 2. The lowest BCUT2D eigenvalue weighted by Crippen LogP contribution is -2.27. The van der Waals surface area contributed by atoms with Crippen molar-refractivity contribution >= 4 is 34.3 Å². The summed E-state index contributed by atoms with van der Waals surface area (Å²) in [5.74, 6) is -0.434. The van der Waals surface area contributed by atoms with Crippen LogP contribution in [0.4, 0.5) is 17.1 Å². The van der Waals surface area contributed by atoms with Crippen LogP contribution in [0.3, 0.4) is 0 Å². The van der Waals surface area contributed by atoms with Crippen molar-refractivity contribution in [1.29, 1.82) is 0 Å². The molecular formula is C38H48N2O6. The van der Waals surface area contributed by atoms with Gasteiger partial charge in [-0.2, -0.15) is 0 Å². The molecule has 1 aliphatic carbocycles. The van der Waals surface area contributed by atoms with Crippen molar-refractivity contribution in [2.45, 2.75) is 97.3 Å². The van der Waals surface area contributed by atoms with E-state index in [1.54, 1.807) is 36.4 Å². The number of ketones is 2. The van der Waals surface area contributed by atoms with Crippen molar-refractivity contribution in [3.05, 3.63) is 65.7 Å². The molecule has 0 saturated heterocycles. The Labute approximate surface area is 272 Å². The summed E-state index contributed by atoms with van der Waals surface area (Å²) in [5.41, 5.74) is 0.796. The van der Waals surface area contributed by atoms with Crippen LogP contribution in [0, 0.1) is 0 Å². The van der Waals surface area contributed by atoms with Gasteiger partial charge in [0.15, 0.2) is 11.5 Å². The third-order valence-electron chi connectivity index (χ3n) is 8.14. The molecule has 0 fully saturated rings. The molecule has 0 spiro atoms. The first-order valence-electron chi connectivity index (χ1n) is 16.9. The smallest absolute Gasteiger partial charge is 0.212 e. The molecule has 3 aromatic rings. The standard InChI is InChI=1S/C38H48N2O6/c1-3-5-7-9-11-13-23-45-29-19-15-27(16-20-29)39-31-25-33(41)36-35(37(31)43)34(42)26-32(38(36)44)40-28-17-21-30(22-18-28)46-24-14-12-10-8-6-4-2/h15-22,25,39,41,43H,3-14,23-24,26H2,1-2H3. The Kier molecular flexibility index (Phi) is 13.5. The number of rotatable bonds is 19. The van der Waals surface area contributed by atoms with Crippen LogP contribution in [0.1, 0.15) is 118 Å². The molecule has 46 heavy (non-hydrogen) atoms. The van der Waals surface area contributed by atoms with E-state index < -0.39 is 17.3 Å². The number of carbonyl (C=O) groups is 2.